The molecule has 202 valence electrons. The van der Waals surface area contributed by atoms with Gasteiger partial charge in [0.2, 0.25) is 0 Å². The van der Waals surface area contributed by atoms with Crippen LogP contribution in [0, 0.1) is 3.57 Å². The van der Waals surface area contributed by atoms with Gasteiger partial charge in [-0.05, 0) is 110 Å². The van der Waals surface area contributed by atoms with Crippen LogP contribution < -0.4 is 10.6 Å². The minimum Gasteiger partial charge on any atom is -0.398 e. The molecule has 3 aromatic carbocycles. The number of carbonyl (C=O) groups is 1. The van der Waals surface area contributed by atoms with Gasteiger partial charge < -0.3 is 25.5 Å². The van der Waals surface area contributed by atoms with Crippen molar-refractivity contribution >= 4 is 63.1 Å². The van der Waals surface area contributed by atoms with E-state index in [-0.39, 0.29) is 12.5 Å². The second-order valence-corrected chi connectivity index (χ2v) is 12.0. The van der Waals surface area contributed by atoms with E-state index in [1.807, 2.05) is 58.3 Å². The molecule has 0 saturated heterocycles. The molecule has 1 heterocycles. The molecule has 2 atom stereocenters. The van der Waals surface area contributed by atoms with Crippen LogP contribution in [-0.4, -0.2) is 54.2 Å². The van der Waals surface area contributed by atoms with Crippen LogP contribution in [0.15, 0.2) is 60.7 Å². The number of rotatable bonds is 8. The second kappa shape index (κ2) is 12.9. The maximum Gasteiger partial charge on any atom is 0.256 e. The van der Waals surface area contributed by atoms with Crippen LogP contribution in [0.2, 0.25) is 10.0 Å². The quantitative estimate of drug-likeness (QED) is 0.165. The Kier molecular flexibility index (Phi) is 9.81. The van der Waals surface area contributed by atoms with Gasteiger partial charge in [-0.15, -0.1) is 0 Å². The zero-order chi connectivity index (χ0) is 27.4. The van der Waals surface area contributed by atoms with E-state index in [0.717, 1.165) is 39.8 Å². The molecule has 0 aliphatic carbocycles. The maximum atomic E-state index is 14.4. The van der Waals surface area contributed by atoms with Crippen LogP contribution in [0.1, 0.15) is 46.8 Å². The average Bonchev–Trinajstić information content (AvgIpc) is 2.87. The van der Waals surface area contributed by atoms with Crippen LogP contribution in [-0.2, 0) is 6.54 Å². The van der Waals surface area contributed by atoms with E-state index in [1.165, 1.54) is 0 Å². The summed E-state index contributed by atoms with van der Waals surface area (Å²) in [6.45, 7) is 1.88. The highest BCUT2D eigenvalue weighted by molar-refractivity contribution is 14.1. The lowest BCUT2D eigenvalue weighted by Crippen LogP contribution is -2.46. The molecule has 1 amide bonds. The molecule has 0 bridgehead atoms. The van der Waals surface area contributed by atoms with Gasteiger partial charge in [-0.25, -0.2) is 0 Å². The fourth-order valence-corrected chi connectivity index (χ4v) is 5.69. The first-order chi connectivity index (χ1) is 18.1. The predicted molar refractivity (Wildman–Crippen MR) is 165 cm³/mol. The van der Waals surface area contributed by atoms with E-state index in [1.54, 1.807) is 12.1 Å². The van der Waals surface area contributed by atoms with Gasteiger partial charge in [-0.3, -0.25) is 4.79 Å². The first-order valence-electron chi connectivity index (χ1n) is 12.6. The van der Waals surface area contributed by atoms with E-state index in [9.17, 15) is 9.90 Å². The van der Waals surface area contributed by atoms with Gasteiger partial charge >= 0.3 is 0 Å². The predicted octanol–water partition coefficient (Wildman–Crippen LogP) is 6.43. The standard InChI is InChI=1S/C29H33Cl2IN4O2/c1-34(2)13-3-4-14-35-26-12-11-23(32)16-24(26)29(38)36(18-20-7-10-22(31)15-25(20)33)27(17-28(35)37)19-5-8-21(30)9-6-19/h5-12,15-16,27-28,37H,3-4,13-14,17-18,33H2,1-2H3. The van der Waals surface area contributed by atoms with Crippen molar-refractivity contribution in [2.75, 3.05) is 37.8 Å². The molecule has 38 heavy (non-hydrogen) atoms. The van der Waals surface area contributed by atoms with Gasteiger partial charge in [0.05, 0.1) is 17.3 Å². The SMILES string of the molecule is CN(C)CCCCN1c2ccc(I)cc2C(=O)N(Cc2ccc(Cl)cc2N)C(c2ccc(Cl)cc2)CC1O. The molecule has 3 aromatic rings. The number of aliphatic hydroxyl groups is 1. The molecule has 1 aliphatic heterocycles. The van der Waals surface area contributed by atoms with Gasteiger partial charge in [0.15, 0.2) is 0 Å². The number of halogens is 3. The highest BCUT2D eigenvalue weighted by Gasteiger charge is 2.36. The van der Waals surface area contributed by atoms with Crippen molar-refractivity contribution in [1.29, 1.82) is 0 Å². The Morgan fingerprint density at radius 2 is 1.71 bits per heavy atom. The third-order valence-corrected chi connectivity index (χ3v) is 8.05. The van der Waals surface area contributed by atoms with E-state index < -0.39 is 12.3 Å². The van der Waals surface area contributed by atoms with Crippen LogP contribution in [0.4, 0.5) is 11.4 Å². The number of benzene rings is 3. The number of unbranched alkanes of at least 4 members (excludes halogenated alkanes) is 1. The third kappa shape index (κ3) is 6.93. The Hall–Kier alpha value is -2.04. The fraction of sp³-hybridized carbons (Fsp3) is 0.345. The average molecular weight is 667 g/mol. The summed E-state index contributed by atoms with van der Waals surface area (Å²) in [5, 5.41) is 12.8. The van der Waals surface area contributed by atoms with Crippen molar-refractivity contribution in [2.24, 2.45) is 0 Å². The highest BCUT2D eigenvalue weighted by atomic mass is 127. The molecule has 1 aliphatic rings. The van der Waals surface area contributed by atoms with Crippen molar-refractivity contribution in [3.8, 4) is 0 Å². The van der Waals surface area contributed by atoms with Gasteiger partial charge in [0.25, 0.3) is 5.91 Å². The highest BCUT2D eigenvalue weighted by Crippen LogP contribution is 2.38. The number of carbonyl (C=O) groups excluding carboxylic acids is 1. The maximum absolute atomic E-state index is 14.4. The molecule has 6 nitrogen and oxygen atoms in total. The van der Waals surface area contributed by atoms with E-state index in [2.05, 4.69) is 41.6 Å². The number of nitrogens with two attached hydrogens (primary N) is 1. The van der Waals surface area contributed by atoms with E-state index in [0.29, 0.717) is 34.3 Å². The molecule has 0 fully saturated rings. The molecular weight excluding hydrogens is 634 g/mol. The van der Waals surface area contributed by atoms with Crippen LogP contribution >= 0.6 is 45.8 Å². The lowest BCUT2D eigenvalue weighted by Gasteiger charge is -2.41. The Morgan fingerprint density at radius 1 is 1.00 bits per heavy atom. The van der Waals surface area contributed by atoms with Crippen molar-refractivity contribution in [2.45, 2.75) is 38.1 Å². The van der Waals surface area contributed by atoms with Gasteiger partial charge in [-0.2, -0.15) is 0 Å². The molecule has 0 saturated carbocycles. The first-order valence-corrected chi connectivity index (χ1v) is 14.5. The molecule has 0 aromatic heterocycles. The molecule has 0 radical (unpaired) electrons. The first kappa shape index (κ1) is 29.0. The monoisotopic (exact) mass is 666 g/mol. The van der Waals surface area contributed by atoms with E-state index in [4.69, 9.17) is 28.9 Å². The minimum absolute atomic E-state index is 0.113. The van der Waals surface area contributed by atoms with Crippen molar-refractivity contribution < 1.29 is 9.90 Å². The molecule has 0 spiro atoms. The van der Waals surface area contributed by atoms with Crippen molar-refractivity contribution in [3.63, 3.8) is 0 Å². The Bertz CT molecular complexity index is 1270. The zero-order valence-corrected chi connectivity index (χ0v) is 25.2. The molecule has 4 rings (SSSR count). The topological polar surface area (TPSA) is 73.0 Å². The molecule has 3 N–H and O–H groups in total. The second-order valence-electron chi connectivity index (χ2n) is 9.93. The normalized spacial score (nSPS) is 17.9. The summed E-state index contributed by atoms with van der Waals surface area (Å²) in [5.74, 6) is -0.113. The van der Waals surface area contributed by atoms with Gasteiger partial charge in [-0.1, -0.05) is 41.4 Å². The van der Waals surface area contributed by atoms with Crippen molar-refractivity contribution in [1.82, 2.24) is 9.80 Å². The van der Waals surface area contributed by atoms with Crippen LogP contribution in [0.3, 0.4) is 0 Å². The van der Waals surface area contributed by atoms with Crippen LogP contribution in [0.5, 0.6) is 0 Å². The number of hydrogen-bond acceptors (Lipinski definition) is 5. The van der Waals surface area contributed by atoms with Crippen molar-refractivity contribution in [3.05, 3.63) is 91.0 Å². The van der Waals surface area contributed by atoms with E-state index >= 15 is 0 Å². The lowest BCUT2D eigenvalue weighted by molar-refractivity contribution is 0.0528. The number of fused-ring (bicyclic) bond motifs is 1. The minimum atomic E-state index is -0.799. The summed E-state index contributed by atoms with van der Waals surface area (Å²) in [4.78, 5) is 20.3. The summed E-state index contributed by atoms with van der Waals surface area (Å²) in [6, 6.07) is 18.2. The smallest absolute Gasteiger partial charge is 0.256 e. The number of amides is 1. The molecule has 9 heteroatoms. The largest absolute Gasteiger partial charge is 0.398 e. The Labute approximate surface area is 248 Å². The lowest BCUT2D eigenvalue weighted by atomic mass is 9.95. The Balaban J connectivity index is 1.79. The third-order valence-electron chi connectivity index (χ3n) is 6.89. The molecule has 2 unspecified atom stereocenters. The fourth-order valence-electron chi connectivity index (χ4n) is 4.90. The summed E-state index contributed by atoms with van der Waals surface area (Å²) in [5.41, 5.74) is 9.84. The summed E-state index contributed by atoms with van der Waals surface area (Å²) < 4.78 is 0.950. The number of nitrogens with zero attached hydrogens (tertiary/aromatic N) is 3. The number of nitrogen functional groups attached to an aromatic ring is 1. The summed E-state index contributed by atoms with van der Waals surface area (Å²) in [7, 11) is 4.11. The van der Waals surface area contributed by atoms with Gasteiger partial charge in [0.1, 0.15) is 6.23 Å². The van der Waals surface area contributed by atoms with Crippen LogP contribution in [0.25, 0.3) is 0 Å². The number of hydrogen-bond donors (Lipinski definition) is 2. The molecular formula is C29H33Cl2IN4O2. The summed E-state index contributed by atoms with van der Waals surface area (Å²) in [6.07, 6.45) is 1.42. The summed E-state index contributed by atoms with van der Waals surface area (Å²) >= 11 is 14.6. The number of aliphatic hydroxyl groups excluding tert-OH is 1. The zero-order valence-electron chi connectivity index (χ0n) is 21.6. The number of anilines is 2. The van der Waals surface area contributed by atoms with Gasteiger partial charge in [0, 0.05) is 38.8 Å². The Morgan fingerprint density at radius 3 is 2.39 bits per heavy atom.